The molecule has 0 aliphatic carbocycles. The Bertz CT molecular complexity index is 480. The summed E-state index contributed by atoms with van der Waals surface area (Å²) in [4.78, 5) is 1.42. The Balaban J connectivity index is 2.09. The van der Waals surface area contributed by atoms with Gasteiger partial charge in [-0.1, -0.05) is 37.3 Å². The molecule has 0 amide bonds. The number of hydrogen-bond donors (Lipinski definition) is 1. The number of rotatable bonds is 5. The molecule has 96 valence electrons. The molecular formula is C15H18BrNS. The average Bonchev–Trinajstić information content (AvgIpc) is 2.82. The van der Waals surface area contributed by atoms with Crippen LogP contribution in [0.4, 0.5) is 0 Å². The molecule has 0 aliphatic heterocycles. The molecule has 1 aromatic heterocycles. The van der Waals surface area contributed by atoms with Crippen molar-refractivity contribution in [3.8, 4) is 0 Å². The third kappa shape index (κ3) is 3.44. The van der Waals surface area contributed by atoms with Gasteiger partial charge in [0, 0.05) is 20.8 Å². The minimum atomic E-state index is 0.470. The van der Waals surface area contributed by atoms with Crippen molar-refractivity contribution in [2.75, 3.05) is 7.05 Å². The van der Waals surface area contributed by atoms with Gasteiger partial charge in [-0.3, -0.25) is 0 Å². The van der Waals surface area contributed by atoms with E-state index in [-0.39, 0.29) is 0 Å². The highest BCUT2D eigenvalue weighted by Gasteiger charge is 2.18. The van der Waals surface area contributed by atoms with Crippen LogP contribution in [0.25, 0.3) is 0 Å². The predicted molar refractivity (Wildman–Crippen MR) is 83.4 cm³/mol. The first-order valence-corrected chi connectivity index (χ1v) is 7.83. The van der Waals surface area contributed by atoms with Crippen molar-refractivity contribution in [3.05, 3.63) is 56.7 Å². The number of hydrogen-bond acceptors (Lipinski definition) is 2. The van der Waals surface area contributed by atoms with Gasteiger partial charge in [-0.25, -0.2) is 0 Å². The van der Waals surface area contributed by atoms with Gasteiger partial charge in [0.15, 0.2) is 0 Å². The van der Waals surface area contributed by atoms with Crippen molar-refractivity contribution < 1.29 is 0 Å². The van der Waals surface area contributed by atoms with Gasteiger partial charge in [-0.05, 0) is 46.9 Å². The Morgan fingerprint density at radius 1 is 1.28 bits per heavy atom. The van der Waals surface area contributed by atoms with Gasteiger partial charge < -0.3 is 5.32 Å². The minimum Gasteiger partial charge on any atom is -0.316 e. The van der Waals surface area contributed by atoms with E-state index >= 15 is 0 Å². The highest BCUT2D eigenvalue weighted by Crippen LogP contribution is 2.26. The maximum absolute atomic E-state index is 3.52. The molecule has 3 heteroatoms. The third-order valence-corrected chi connectivity index (χ3v) is 5.06. The van der Waals surface area contributed by atoms with Crippen LogP contribution >= 0.6 is 27.3 Å². The molecule has 2 aromatic rings. The molecule has 0 radical (unpaired) electrons. The molecule has 0 spiro atoms. The molecule has 2 atom stereocenters. The number of likely N-dealkylation sites (N-methyl/N-ethyl adjacent to an activating group) is 1. The highest BCUT2D eigenvalue weighted by atomic mass is 79.9. The van der Waals surface area contributed by atoms with E-state index in [0.29, 0.717) is 12.0 Å². The minimum absolute atomic E-state index is 0.470. The van der Waals surface area contributed by atoms with Crippen LogP contribution in [0.5, 0.6) is 0 Å². The summed E-state index contributed by atoms with van der Waals surface area (Å²) in [6, 6.07) is 13.4. The molecule has 1 aromatic carbocycles. The SMILES string of the molecule is CNC(Cc1cc(Br)cs1)C(C)c1ccccc1. The molecule has 1 heterocycles. The largest absolute Gasteiger partial charge is 0.316 e. The first-order valence-electron chi connectivity index (χ1n) is 6.16. The second-order valence-corrected chi connectivity index (χ2v) is 6.44. The van der Waals surface area contributed by atoms with Crippen molar-refractivity contribution >= 4 is 27.3 Å². The second kappa shape index (κ2) is 6.50. The molecule has 18 heavy (non-hydrogen) atoms. The molecule has 2 rings (SSSR count). The number of halogens is 1. The van der Waals surface area contributed by atoms with Gasteiger partial charge in [0.2, 0.25) is 0 Å². The van der Waals surface area contributed by atoms with E-state index in [0.717, 1.165) is 6.42 Å². The maximum Gasteiger partial charge on any atom is 0.0285 e. The molecular weight excluding hydrogens is 306 g/mol. The van der Waals surface area contributed by atoms with Crippen molar-refractivity contribution in [1.29, 1.82) is 0 Å². The zero-order valence-electron chi connectivity index (χ0n) is 10.7. The zero-order chi connectivity index (χ0) is 13.0. The summed E-state index contributed by atoms with van der Waals surface area (Å²) < 4.78 is 1.18. The summed E-state index contributed by atoms with van der Waals surface area (Å²) >= 11 is 5.33. The van der Waals surface area contributed by atoms with Crippen LogP contribution in [0, 0.1) is 0 Å². The van der Waals surface area contributed by atoms with Crippen molar-refractivity contribution in [3.63, 3.8) is 0 Å². The van der Waals surface area contributed by atoms with E-state index < -0.39 is 0 Å². The molecule has 0 bridgehead atoms. The van der Waals surface area contributed by atoms with E-state index in [1.165, 1.54) is 14.9 Å². The van der Waals surface area contributed by atoms with Crippen LogP contribution in [-0.4, -0.2) is 13.1 Å². The Hall–Kier alpha value is -0.640. The quantitative estimate of drug-likeness (QED) is 0.857. The number of thiophene rings is 1. The second-order valence-electron chi connectivity index (χ2n) is 4.53. The Labute approximate surface area is 121 Å². The Morgan fingerprint density at radius 3 is 2.56 bits per heavy atom. The molecule has 0 saturated heterocycles. The van der Waals surface area contributed by atoms with Crippen LogP contribution in [0.3, 0.4) is 0 Å². The third-order valence-electron chi connectivity index (χ3n) is 3.34. The van der Waals surface area contributed by atoms with Crippen molar-refractivity contribution in [2.24, 2.45) is 0 Å². The smallest absolute Gasteiger partial charge is 0.0285 e. The highest BCUT2D eigenvalue weighted by molar-refractivity contribution is 9.10. The lowest BCUT2D eigenvalue weighted by Gasteiger charge is -2.23. The molecule has 2 unspecified atom stereocenters. The Morgan fingerprint density at radius 2 is 2.00 bits per heavy atom. The summed E-state index contributed by atoms with van der Waals surface area (Å²) in [5.74, 6) is 0.511. The molecule has 1 N–H and O–H groups in total. The predicted octanol–water partition coefficient (Wildman–Crippen LogP) is 4.44. The van der Waals surface area contributed by atoms with Crippen LogP contribution in [0.2, 0.25) is 0 Å². The normalized spacial score (nSPS) is 14.4. The summed E-state index contributed by atoms with van der Waals surface area (Å²) in [7, 11) is 2.05. The molecule has 0 aliphatic rings. The first kappa shape index (κ1) is 13.8. The average molecular weight is 324 g/mol. The topological polar surface area (TPSA) is 12.0 Å². The lowest BCUT2D eigenvalue weighted by Crippen LogP contribution is -2.32. The van der Waals surface area contributed by atoms with Crippen LogP contribution in [-0.2, 0) is 6.42 Å². The van der Waals surface area contributed by atoms with E-state index in [4.69, 9.17) is 0 Å². The molecule has 0 saturated carbocycles. The van der Waals surface area contributed by atoms with E-state index in [9.17, 15) is 0 Å². The van der Waals surface area contributed by atoms with Crippen molar-refractivity contribution in [1.82, 2.24) is 5.32 Å². The fraction of sp³-hybridized carbons (Fsp3) is 0.333. The van der Waals surface area contributed by atoms with Gasteiger partial charge in [0.1, 0.15) is 0 Å². The first-order chi connectivity index (χ1) is 8.70. The lowest BCUT2D eigenvalue weighted by atomic mass is 9.91. The van der Waals surface area contributed by atoms with Crippen LogP contribution in [0.15, 0.2) is 46.3 Å². The van der Waals surface area contributed by atoms with Gasteiger partial charge in [0.05, 0.1) is 0 Å². The van der Waals surface area contributed by atoms with Crippen molar-refractivity contribution in [2.45, 2.75) is 25.3 Å². The lowest BCUT2D eigenvalue weighted by molar-refractivity contribution is 0.486. The summed E-state index contributed by atoms with van der Waals surface area (Å²) in [5.41, 5.74) is 1.40. The maximum atomic E-state index is 3.52. The van der Waals surface area contributed by atoms with Gasteiger partial charge in [0.25, 0.3) is 0 Å². The fourth-order valence-electron chi connectivity index (χ4n) is 2.20. The van der Waals surface area contributed by atoms with E-state index in [1.807, 2.05) is 18.4 Å². The monoisotopic (exact) mass is 323 g/mol. The molecule has 1 nitrogen and oxygen atoms in total. The van der Waals surface area contributed by atoms with Crippen LogP contribution in [0.1, 0.15) is 23.3 Å². The van der Waals surface area contributed by atoms with Gasteiger partial charge in [-0.2, -0.15) is 0 Å². The summed E-state index contributed by atoms with van der Waals surface area (Å²) in [6.07, 6.45) is 1.07. The van der Waals surface area contributed by atoms with Gasteiger partial charge >= 0.3 is 0 Å². The fourth-order valence-corrected chi connectivity index (χ4v) is 3.71. The summed E-state index contributed by atoms with van der Waals surface area (Å²) in [6.45, 7) is 2.29. The standard InChI is InChI=1S/C15H18BrNS/c1-11(12-6-4-3-5-7-12)15(17-2)9-14-8-13(16)10-18-14/h3-8,10-11,15,17H,9H2,1-2H3. The van der Waals surface area contributed by atoms with E-state index in [1.54, 1.807) is 0 Å². The van der Waals surface area contributed by atoms with Gasteiger partial charge in [-0.15, -0.1) is 11.3 Å². The Kier molecular flexibility index (Phi) is 4.98. The van der Waals surface area contributed by atoms with Crippen LogP contribution < -0.4 is 5.32 Å². The zero-order valence-corrected chi connectivity index (χ0v) is 13.1. The van der Waals surface area contributed by atoms with E-state index in [2.05, 4.69) is 69.9 Å². The number of benzene rings is 1. The number of nitrogens with one attached hydrogen (secondary N) is 1. The molecule has 0 fully saturated rings. The summed E-state index contributed by atoms with van der Waals surface area (Å²) in [5, 5.41) is 5.60.